The van der Waals surface area contributed by atoms with Gasteiger partial charge in [0.25, 0.3) is 0 Å². The smallest absolute Gasteiger partial charge is 0.0959 e. The number of thiazole rings is 1. The van der Waals surface area contributed by atoms with Gasteiger partial charge in [0.2, 0.25) is 0 Å². The van der Waals surface area contributed by atoms with E-state index in [0.717, 1.165) is 30.2 Å². The molecule has 1 atom stereocenters. The van der Waals surface area contributed by atoms with Gasteiger partial charge in [-0.25, -0.2) is 4.98 Å². The van der Waals surface area contributed by atoms with Crippen LogP contribution in [0.3, 0.4) is 0 Å². The van der Waals surface area contributed by atoms with Crippen molar-refractivity contribution in [1.29, 1.82) is 0 Å². The molecular weight excluding hydrogens is 220 g/mol. The van der Waals surface area contributed by atoms with Crippen molar-refractivity contribution in [3.05, 3.63) is 15.6 Å². The molecule has 0 radical (unpaired) electrons. The SMILES string of the molecule is CCNCCC(C)(O)Cc1nc(C)c(C)s1. The van der Waals surface area contributed by atoms with Crippen LogP contribution in [0.25, 0.3) is 0 Å². The Kier molecular flexibility index (Phi) is 4.89. The number of nitrogens with zero attached hydrogens (tertiary/aromatic N) is 1. The lowest BCUT2D eigenvalue weighted by molar-refractivity contribution is 0.0516. The molecule has 3 nitrogen and oxygen atoms in total. The molecule has 1 aromatic rings. The molecule has 0 spiro atoms. The topological polar surface area (TPSA) is 45.1 Å². The average molecular weight is 242 g/mol. The molecule has 0 saturated heterocycles. The maximum absolute atomic E-state index is 10.2. The zero-order valence-corrected chi connectivity index (χ0v) is 11.4. The van der Waals surface area contributed by atoms with Crippen LogP contribution in [0.5, 0.6) is 0 Å². The van der Waals surface area contributed by atoms with Crippen molar-refractivity contribution in [1.82, 2.24) is 10.3 Å². The van der Waals surface area contributed by atoms with E-state index < -0.39 is 5.60 Å². The Balaban J connectivity index is 2.51. The minimum atomic E-state index is -0.654. The van der Waals surface area contributed by atoms with Crippen LogP contribution in [0, 0.1) is 13.8 Å². The molecule has 2 N–H and O–H groups in total. The van der Waals surface area contributed by atoms with Crippen molar-refractivity contribution >= 4 is 11.3 Å². The van der Waals surface area contributed by atoms with Gasteiger partial charge in [-0.05, 0) is 40.3 Å². The van der Waals surface area contributed by atoms with Crippen molar-refractivity contribution in [2.45, 2.75) is 46.1 Å². The Bertz CT molecular complexity index is 314. The first-order valence-electron chi connectivity index (χ1n) is 5.80. The molecule has 0 aliphatic heterocycles. The van der Waals surface area contributed by atoms with Gasteiger partial charge < -0.3 is 10.4 Å². The second-order valence-electron chi connectivity index (χ2n) is 4.53. The number of hydrogen-bond acceptors (Lipinski definition) is 4. The quantitative estimate of drug-likeness (QED) is 0.751. The van der Waals surface area contributed by atoms with Gasteiger partial charge in [-0.3, -0.25) is 0 Å². The summed E-state index contributed by atoms with van der Waals surface area (Å²) in [6, 6.07) is 0. The van der Waals surface area contributed by atoms with Crippen LogP contribution in [0.2, 0.25) is 0 Å². The standard InChI is InChI=1S/C12H22N2OS/c1-5-13-7-6-12(4,15)8-11-14-9(2)10(3)16-11/h13,15H,5-8H2,1-4H3. The van der Waals surface area contributed by atoms with E-state index in [0.29, 0.717) is 6.42 Å². The van der Waals surface area contributed by atoms with E-state index in [1.54, 1.807) is 11.3 Å². The van der Waals surface area contributed by atoms with E-state index in [1.807, 2.05) is 13.8 Å². The molecule has 1 heterocycles. The number of rotatable bonds is 6. The molecular formula is C12H22N2OS. The molecule has 4 heteroatoms. The summed E-state index contributed by atoms with van der Waals surface area (Å²) < 4.78 is 0. The predicted molar refractivity (Wildman–Crippen MR) is 69.1 cm³/mol. The third-order valence-electron chi connectivity index (χ3n) is 2.70. The highest BCUT2D eigenvalue weighted by Gasteiger charge is 2.22. The van der Waals surface area contributed by atoms with Gasteiger partial charge in [0.15, 0.2) is 0 Å². The molecule has 0 aromatic carbocycles. The van der Waals surface area contributed by atoms with Crippen LogP contribution < -0.4 is 5.32 Å². The third kappa shape index (κ3) is 4.20. The van der Waals surface area contributed by atoms with Gasteiger partial charge in [0.1, 0.15) is 0 Å². The highest BCUT2D eigenvalue weighted by molar-refractivity contribution is 7.11. The zero-order chi connectivity index (χ0) is 12.2. The summed E-state index contributed by atoms with van der Waals surface area (Å²) in [5, 5.41) is 14.5. The molecule has 0 aliphatic rings. The molecule has 1 rings (SSSR count). The fraction of sp³-hybridized carbons (Fsp3) is 0.750. The summed E-state index contributed by atoms with van der Waals surface area (Å²) in [5.41, 5.74) is 0.432. The zero-order valence-electron chi connectivity index (χ0n) is 10.6. The Morgan fingerprint density at radius 2 is 2.12 bits per heavy atom. The van der Waals surface area contributed by atoms with Gasteiger partial charge in [0.05, 0.1) is 16.3 Å². The second-order valence-corrected chi connectivity index (χ2v) is 5.81. The average Bonchev–Trinajstić information content (AvgIpc) is 2.44. The first-order chi connectivity index (χ1) is 7.44. The van der Waals surface area contributed by atoms with Crippen LogP contribution in [0.4, 0.5) is 0 Å². The van der Waals surface area contributed by atoms with Gasteiger partial charge in [-0.2, -0.15) is 0 Å². The van der Waals surface area contributed by atoms with E-state index in [9.17, 15) is 5.11 Å². The van der Waals surface area contributed by atoms with E-state index >= 15 is 0 Å². The molecule has 0 bridgehead atoms. The minimum Gasteiger partial charge on any atom is -0.390 e. The maximum Gasteiger partial charge on any atom is 0.0959 e. The highest BCUT2D eigenvalue weighted by atomic mass is 32.1. The van der Waals surface area contributed by atoms with Crippen LogP contribution in [0.15, 0.2) is 0 Å². The van der Waals surface area contributed by atoms with E-state index in [-0.39, 0.29) is 0 Å². The van der Waals surface area contributed by atoms with Crippen molar-refractivity contribution in [2.24, 2.45) is 0 Å². The van der Waals surface area contributed by atoms with Crippen molar-refractivity contribution in [2.75, 3.05) is 13.1 Å². The van der Waals surface area contributed by atoms with E-state index in [1.165, 1.54) is 4.88 Å². The van der Waals surface area contributed by atoms with Crippen LogP contribution >= 0.6 is 11.3 Å². The molecule has 0 aliphatic carbocycles. The summed E-state index contributed by atoms with van der Waals surface area (Å²) in [5.74, 6) is 0. The highest BCUT2D eigenvalue weighted by Crippen LogP contribution is 2.22. The Labute approximate surface area is 102 Å². The molecule has 92 valence electrons. The van der Waals surface area contributed by atoms with Gasteiger partial charge in [-0.1, -0.05) is 6.92 Å². The molecule has 16 heavy (non-hydrogen) atoms. The van der Waals surface area contributed by atoms with Crippen molar-refractivity contribution in [3.8, 4) is 0 Å². The Hall–Kier alpha value is -0.450. The molecule has 0 amide bonds. The lowest BCUT2D eigenvalue weighted by Crippen LogP contribution is -2.32. The number of aliphatic hydroxyl groups is 1. The molecule has 1 unspecified atom stereocenters. The summed E-state index contributed by atoms with van der Waals surface area (Å²) in [6.45, 7) is 9.85. The second kappa shape index (κ2) is 5.75. The lowest BCUT2D eigenvalue weighted by Gasteiger charge is -2.22. The summed E-state index contributed by atoms with van der Waals surface area (Å²) in [4.78, 5) is 5.71. The predicted octanol–water partition coefficient (Wildman–Crippen LogP) is 2.05. The monoisotopic (exact) mass is 242 g/mol. The normalized spacial score (nSPS) is 15.1. The fourth-order valence-electron chi connectivity index (χ4n) is 1.56. The Morgan fingerprint density at radius 3 is 2.62 bits per heavy atom. The number of aromatic nitrogens is 1. The molecule has 0 fully saturated rings. The van der Waals surface area contributed by atoms with Crippen LogP contribution in [-0.2, 0) is 6.42 Å². The van der Waals surface area contributed by atoms with E-state index in [4.69, 9.17) is 0 Å². The van der Waals surface area contributed by atoms with Crippen LogP contribution in [0.1, 0.15) is 35.8 Å². The van der Waals surface area contributed by atoms with Gasteiger partial charge >= 0.3 is 0 Å². The third-order valence-corrected chi connectivity index (χ3v) is 3.77. The Morgan fingerprint density at radius 1 is 1.44 bits per heavy atom. The summed E-state index contributed by atoms with van der Waals surface area (Å²) in [6.07, 6.45) is 1.41. The summed E-state index contributed by atoms with van der Waals surface area (Å²) >= 11 is 1.69. The maximum atomic E-state index is 10.2. The number of nitrogens with one attached hydrogen (secondary N) is 1. The van der Waals surface area contributed by atoms with Crippen molar-refractivity contribution in [3.63, 3.8) is 0 Å². The lowest BCUT2D eigenvalue weighted by atomic mass is 9.98. The van der Waals surface area contributed by atoms with Gasteiger partial charge in [-0.15, -0.1) is 11.3 Å². The number of aryl methyl sites for hydroxylation is 2. The van der Waals surface area contributed by atoms with Gasteiger partial charge in [0, 0.05) is 11.3 Å². The largest absolute Gasteiger partial charge is 0.390 e. The van der Waals surface area contributed by atoms with Crippen molar-refractivity contribution < 1.29 is 5.11 Å². The first-order valence-corrected chi connectivity index (χ1v) is 6.62. The summed E-state index contributed by atoms with van der Waals surface area (Å²) in [7, 11) is 0. The molecule has 0 saturated carbocycles. The molecule has 1 aromatic heterocycles. The van der Waals surface area contributed by atoms with E-state index in [2.05, 4.69) is 24.1 Å². The van der Waals surface area contributed by atoms with Crippen LogP contribution in [-0.4, -0.2) is 28.8 Å². The fourth-order valence-corrected chi connectivity index (χ4v) is 2.68. The minimum absolute atomic E-state index is 0.651. The first kappa shape index (κ1) is 13.6. The number of hydrogen-bond donors (Lipinski definition) is 2.